The quantitative estimate of drug-likeness (QED) is 0.715. The zero-order valence-electron chi connectivity index (χ0n) is 14.2. The van der Waals surface area contributed by atoms with Crippen LogP contribution < -0.4 is 0 Å². The minimum atomic E-state index is -0.224. The Bertz CT molecular complexity index is 800. The van der Waals surface area contributed by atoms with E-state index in [1.807, 2.05) is 11.0 Å². The molecule has 3 nitrogen and oxygen atoms in total. The Balaban J connectivity index is 1.50. The van der Waals surface area contributed by atoms with E-state index in [-0.39, 0.29) is 11.7 Å². The Hall–Kier alpha value is -1.88. The van der Waals surface area contributed by atoms with Crippen molar-refractivity contribution >= 4 is 35.2 Å². The van der Waals surface area contributed by atoms with E-state index in [9.17, 15) is 9.18 Å². The molecule has 0 aliphatic carbocycles. The molecule has 1 aliphatic rings. The molecule has 1 heterocycles. The van der Waals surface area contributed by atoms with Crippen LogP contribution in [0.2, 0.25) is 10.0 Å². The maximum Gasteiger partial charge on any atom is 0.246 e. The van der Waals surface area contributed by atoms with E-state index in [2.05, 4.69) is 4.90 Å². The molecule has 26 heavy (non-hydrogen) atoms. The summed E-state index contributed by atoms with van der Waals surface area (Å²) in [6.45, 7) is 3.70. The van der Waals surface area contributed by atoms with Gasteiger partial charge in [0.15, 0.2) is 0 Å². The van der Waals surface area contributed by atoms with E-state index in [4.69, 9.17) is 23.2 Å². The summed E-state index contributed by atoms with van der Waals surface area (Å²) in [6, 6.07) is 11.8. The zero-order chi connectivity index (χ0) is 18.5. The second kappa shape index (κ2) is 8.67. The third kappa shape index (κ3) is 5.07. The standard InChI is InChI=1S/C20H19Cl2FN2O/c21-18-7-3-15(13-19(18)22)4-8-20(26)25-11-9-24(10-12-25)14-16-1-5-17(23)6-2-16/h1-8,13H,9-12,14H2/b8-4+. The first-order valence-corrected chi connectivity index (χ1v) is 9.16. The van der Waals surface area contributed by atoms with Crippen LogP contribution >= 0.6 is 23.2 Å². The van der Waals surface area contributed by atoms with Crippen molar-refractivity contribution in [2.75, 3.05) is 26.2 Å². The molecule has 0 aromatic heterocycles. The average molecular weight is 393 g/mol. The summed E-state index contributed by atoms with van der Waals surface area (Å²) >= 11 is 11.9. The highest BCUT2D eigenvalue weighted by molar-refractivity contribution is 6.42. The zero-order valence-corrected chi connectivity index (χ0v) is 15.7. The van der Waals surface area contributed by atoms with Gasteiger partial charge >= 0.3 is 0 Å². The number of carbonyl (C=O) groups excluding carboxylic acids is 1. The number of benzene rings is 2. The molecule has 2 aromatic rings. The van der Waals surface area contributed by atoms with Gasteiger partial charge in [0.25, 0.3) is 0 Å². The van der Waals surface area contributed by atoms with Gasteiger partial charge in [-0.25, -0.2) is 4.39 Å². The summed E-state index contributed by atoms with van der Waals surface area (Å²) in [6.07, 6.45) is 3.31. The second-order valence-corrected chi connectivity index (χ2v) is 7.05. The number of hydrogen-bond acceptors (Lipinski definition) is 2. The summed E-state index contributed by atoms with van der Waals surface area (Å²) in [5, 5.41) is 0.961. The molecule has 0 bridgehead atoms. The van der Waals surface area contributed by atoms with Gasteiger partial charge < -0.3 is 4.90 Å². The van der Waals surface area contributed by atoms with E-state index in [0.717, 1.165) is 30.8 Å². The van der Waals surface area contributed by atoms with Gasteiger partial charge in [-0.1, -0.05) is 41.4 Å². The molecular weight excluding hydrogens is 374 g/mol. The van der Waals surface area contributed by atoms with Crippen molar-refractivity contribution < 1.29 is 9.18 Å². The third-order valence-electron chi connectivity index (χ3n) is 4.37. The fourth-order valence-electron chi connectivity index (χ4n) is 2.86. The predicted molar refractivity (Wildman–Crippen MR) is 104 cm³/mol. The lowest BCUT2D eigenvalue weighted by Gasteiger charge is -2.34. The molecule has 0 radical (unpaired) electrons. The first kappa shape index (κ1) is 18.9. The van der Waals surface area contributed by atoms with Crippen molar-refractivity contribution in [3.05, 3.63) is 75.5 Å². The molecule has 1 fully saturated rings. The number of amides is 1. The second-order valence-electron chi connectivity index (χ2n) is 6.23. The van der Waals surface area contributed by atoms with Crippen LogP contribution in [-0.2, 0) is 11.3 Å². The summed E-state index contributed by atoms with van der Waals surface area (Å²) in [5.74, 6) is -0.240. The molecule has 6 heteroatoms. The molecule has 0 spiro atoms. The fraction of sp³-hybridized carbons (Fsp3) is 0.250. The third-order valence-corrected chi connectivity index (χ3v) is 5.10. The number of nitrogens with zero attached hydrogens (tertiary/aromatic N) is 2. The highest BCUT2D eigenvalue weighted by atomic mass is 35.5. The molecular formula is C20H19Cl2FN2O. The van der Waals surface area contributed by atoms with E-state index in [1.54, 1.807) is 36.4 Å². The molecule has 136 valence electrons. The number of piperazine rings is 1. The first-order chi connectivity index (χ1) is 12.5. The van der Waals surface area contributed by atoms with Crippen LogP contribution in [0.15, 0.2) is 48.5 Å². The van der Waals surface area contributed by atoms with Crippen LogP contribution in [0.4, 0.5) is 4.39 Å². The van der Waals surface area contributed by atoms with E-state index in [0.29, 0.717) is 23.1 Å². The smallest absolute Gasteiger partial charge is 0.246 e. The van der Waals surface area contributed by atoms with Crippen LogP contribution in [-0.4, -0.2) is 41.9 Å². The van der Waals surface area contributed by atoms with Gasteiger partial charge in [0, 0.05) is 38.8 Å². The number of halogens is 3. The van der Waals surface area contributed by atoms with Gasteiger partial charge in [-0.3, -0.25) is 9.69 Å². The van der Waals surface area contributed by atoms with Crippen molar-refractivity contribution in [2.24, 2.45) is 0 Å². The number of hydrogen-bond donors (Lipinski definition) is 0. The highest BCUT2D eigenvalue weighted by Gasteiger charge is 2.19. The number of carbonyl (C=O) groups is 1. The molecule has 0 unspecified atom stereocenters. The Labute approximate surface area is 162 Å². The summed E-state index contributed by atoms with van der Waals surface area (Å²) in [7, 11) is 0. The Morgan fingerprint density at radius 3 is 2.35 bits per heavy atom. The van der Waals surface area contributed by atoms with Crippen LogP contribution in [0.3, 0.4) is 0 Å². The van der Waals surface area contributed by atoms with Gasteiger partial charge in [0.05, 0.1) is 10.0 Å². The minimum absolute atomic E-state index is 0.0162. The Morgan fingerprint density at radius 1 is 1.00 bits per heavy atom. The van der Waals surface area contributed by atoms with Crippen LogP contribution in [0, 0.1) is 5.82 Å². The molecule has 1 amide bonds. The SMILES string of the molecule is O=C(/C=C/c1ccc(Cl)c(Cl)c1)N1CCN(Cc2ccc(F)cc2)CC1. The van der Waals surface area contributed by atoms with E-state index >= 15 is 0 Å². The maximum absolute atomic E-state index is 13.0. The van der Waals surface area contributed by atoms with Gasteiger partial charge in [-0.15, -0.1) is 0 Å². The van der Waals surface area contributed by atoms with Crippen molar-refractivity contribution in [2.45, 2.75) is 6.54 Å². The maximum atomic E-state index is 13.0. The lowest BCUT2D eigenvalue weighted by Crippen LogP contribution is -2.47. The van der Waals surface area contributed by atoms with Crippen molar-refractivity contribution in [1.82, 2.24) is 9.80 Å². The van der Waals surface area contributed by atoms with E-state index < -0.39 is 0 Å². The number of rotatable bonds is 4. The summed E-state index contributed by atoms with van der Waals surface area (Å²) in [4.78, 5) is 16.4. The highest BCUT2D eigenvalue weighted by Crippen LogP contribution is 2.23. The molecule has 0 N–H and O–H groups in total. The Morgan fingerprint density at radius 2 is 1.69 bits per heavy atom. The lowest BCUT2D eigenvalue weighted by atomic mass is 10.2. The normalized spacial score (nSPS) is 15.6. The monoisotopic (exact) mass is 392 g/mol. The van der Waals surface area contributed by atoms with Crippen molar-refractivity contribution in [3.8, 4) is 0 Å². The first-order valence-electron chi connectivity index (χ1n) is 8.40. The molecule has 0 saturated carbocycles. The van der Waals surface area contributed by atoms with Gasteiger partial charge in [-0.2, -0.15) is 0 Å². The fourth-order valence-corrected chi connectivity index (χ4v) is 3.17. The molecule has 0 atom stereocenters. The molecule has 1 saturated heterocycles. The predicted octanol–water partition coefficient (Wildman–Crippen LogP) is 4.49. The molecule has 2 aromatic carbocycles. The van der Waals surface area contributed by atoms with Gasteiger partial charge in [-0.05, 0) is 41.5 Å². The van der Waals surface area contributed by atoms with Crippen molar-refractivity contribution in [3.63, 3.8) is 0 Å². The lowest BCUT2D eigenvalue weighted by molar-refractivity contribution is -0.127. The Kier molecular flexibility index (Phi) is 6.30. The largest absolute Gasteiger partial charge is 0.337 e. The molecule has 3 rings (SSSR count). The van der Waals surface area contributed by atoms with Gasteiger partial charge in [0.1, 0.15) is 5.82 Å². The van der Waals surface area contributed by atoms with E-state index in [1.165, 1.54) is 12.1 Å². The van der Waals surface area contributed by atoms with Crippen LogP contribution in [0.1, 0.15) is 11.1 Å². The van der Waals surface area contributed by atoms with Crippen LogP contribution in [0.25, 0.3) is 6.08 Å². The van der Waals surface area contributed by atoms with Crippen LogP contribution in [0.5, 0.6) is 0 Å². The van der Waals surface area contributed by atoms with Gasteiger partial charge in [0.2, 0.25) is 5.91 Å². The topological polar surface area (TPSA) is 23.6 Å². The van der Waals surface area contributed by atoms with Crippen molar-refractivity contribution in [1.29, 1.82) is 0 Å². The summed E-state index contributed by atoms with van der Waals surface area (Å²) < 4.78 is 13.0. The molecule has 1 aliphatic heterocycles. The summed E-state index contributed by atoms with van der Waals surface area (Å²) in [5.41, 5.74) is 1.91. The average Bonchev–Trinajstić information content (AvgIpc) is 2.65. The minimum Gasteiger partial charge on any atom is -0.337 e.